The van der Waals surface area contributed by atoms with Crippen LogP contribution in [0.2, 0.25) is 0 Å². The first-order valence-electron chi connectivity index (χ1n) is 4.40. The van der Waals surface area contributed by atoms with Crippen molar-refractivity contribution in [3.05, 3.63) is 0 Å². The molecule has 0 aromatic rings. The second-order valence-corrected chi connectivity index (χ2v) is 2.85. The van der Waals surface area contributed by atoms with Gasteiger partial charge in [0.05, 0.1) is 0 Å². The summed E-state index contributed by atoms with van der Waals surface area (Å²) in [5, 5.41) is 14.4. The minimum absolute atomic E-state index is 0. The van der Waals surface area contributed by atoms with Gasteiger partial charge in [0.2, 0.25) is 0 Å². The Balaban J connectivity index is -0.000000340. The van der Waals surface area contributed by atoms with Crippen LogP contribution >= 0.6 is 12.4 Å². The summed E-state index contributed by atoms with van der Waals surface area (Å²) < 4.78 is 0. The van der Waals surface area contributed by atoms with Crippen LogP contribution < -0.4 is 28.7 Å². The van der Waals surface area contributed by atoms with Crippen LogP contribution in [-0.4, -0.2) is 35.6 Å². The van der Waals surface area contributed by atoms with Crippen molar-refractivity contribution in [2.24, 2.45) is 33.7 Å². The second-order valence-electron chi connectivity index (χ2n) is 2.85. The summed E-state index contributed by atoms with van der Waals surface area (Å²) in [6.45, 7) is 0.420. The zero-order valence-corrected chi connectivity index (χ0v) is 10.1. The predicted molar refractivity (Wildman–Crippen MR) is 68.9 cm³/mol. The number of nitrogens with one attached hydrogen (secondary N) is 1. The fourth-order valence-electron chi connectivity index (χ4n) is 0.643. The van der Waals surface area contributed by atoms with E-state index in [0.29, 0.717) is 19.4 Å². The number of nitrogens with two attached hydrogens (primary N) is 5. The number of hydrogen-bond donors (Lipinski definition) is 7. The molecule has 0 fully saturated rings. The Bertz CT molecular complexity index is 251. The van der Waals surface area contributed by atoms with Gasteiger partial charge >= 0.3 is 5.97 Å². The van der Waals surface area contributed by atoms with Gasteiger partial charge < -0.3 is 33.8 Å². The summed E-state index contributed by atoms with van der Waals surface area (Å²) in [5.41, 5.74) is 24.3. The summed E-state index contributed by atoms with van der Waals surface area (Å²) in [5.74, 6) is -1.32. The minimum atomic E-state index is -1.00. The number of halogens is 1. The van der Waals surface area contributed by atoms with Crippen molar-refractivity contribution < 1.29 is 9.90 Å². The van der Waals surface area contributed by atoms with Gasteiger partial charge in [0.1, 0.15) is 6.04 Å². The molecule has 0 heterocycles. The number of hydrogen-bond acceptors (Lipinski definition) is 4. The average Bonchev–Trinajstić information content (AvgIpc) is 2.10. The van der Waals surface area contributed by atoms with Crippen LogP contribution in [0.15, 0.2) is 4.99 Å². The molecule has 0 radical (unpaired) electrons. The minimum Gasteiger partial charge on any atom is -0.480 e. The molecule has 0 aliphatic rings. The number of carbonyl (C=O) groups is 1. The highest BCUT2D eigenvalue weighted by Crippen LogP contribution is 1.94. The molecule has 12 N–H and O–H groups in total. The largest absolute Gasteiger partial charge is 0.480 e. The van der Waals surface area contributed by atoms with Gasteiger partial charge in [-0.2, -0.15) is 0 Å². The number of rotatable bonds is 5. The van der Waals surface area contributed by atoms with Crippen molar-refractivity contribution >= 4 is 30.3 Å². The van der Waals surface area contributed by atoms with Gasteiger partial charge in [0.25, 0.3) is 0 Å². The van der Waals surface area contributed by atoms with E-state index in [9.17, 15) is 4.79 Å². The number of aliphatic imine (C=N–C) groups is 1. The molecule has 0 saturated carbocycles. The Labute approximate surface area is 105 Å². The van der Waals surface area contributed by atoms with Crippen molar-refractivity contribution in [2.45, 2.75) is 18.9 Å². The van der Waals surface area contributed by atoms with E-state index in [4.69, 9.17) is 27.7 Å². The number of carboxylic acids is 1. The molecule has 10 heteroatoms. The smallest absolute Gasteiger partial charge is 0.320 e. The lowest BCUT2D eigenvalue weighted by Crippen LogP contribution is -2.30. The highest BCUT2D eigenvalue weighted by molar-refractivity contribution is 5.85. The molecular formula is C7H20ClN7O2. The summed E-state index contributed by atoms with van der Waals surface area (Å²) in [6, 6.07) is -0.820. The third-order valence-corrected chi connectivity index (χ3v) is 1.28. The van der Waals surface area contributed by atoms with Gasteiger partial charge in [-0.3, -0.25) is 15.2 Å². The van der Waals surface area contributed by atoms with E-state index >= 15 is 0 Å². The van der Waals surface area contributed by atoms with E-state index in [-0.39, 0.29) is 24.3 Å². The Morgan fingerprint density at radius 3 is 2.00 bits per heavy atom. The number of aliphatic carboxylic acids is 1. The number of carboxylic acid groups (broad SMARTS) is 1. The summed E-state index contributed by atoms with van der Waals surface area (Å²) >= 11 is 0. The maximum absolute atomic E-state index is 10.2. The van der Waals surface area contributed by atoms with Crippen LogP contribution in [0.3, 0.4) is 0 Å². The fourth-order valence-corrected chi connectivity index (χ4v) is 0.643. The molecule has 0 amide bonds. The molecule has 0 rings (SSSR count). The molecule has 0 aliphatic heterocycles. The molecule has 1 atom stereocenters. The summed E-state index contributed by atoms with van der Waals surface area (Å²) in [6.07, 6.45) is 0.956. The first-order chi connectivity index (χ1) is 7.27. The van der Waals surface area contributed by atoms with Crippen LogP contribution in [0.5, 0.6) is 0 Å². The van der Waals surface area contributed by atoms with E-state index < -0.39 is 12.0 Å². The lowest BCUT2D eigenvalue weighted by Gasteiger charge is -2.03. The summed E-state index contributed by atoms with van der Waals surface area (Å²) in [4.78, 5) is 13.9. The lowest BCUT2D eigenvalue weighted by molar-refractivity contribution is -0.138. The van der Waals surface area contributed by atoms with Crippen LogP contribution in [0.4, 0.5) is 0 Å². The van der Waals surface area contributed by atoms with Crippen LogP contribution in [0.1, 0.15) is 12.8 Å². The highest BCUT2D eigenvalue weighted by atomic mass is 35.5. The van der Waals surface area contributed by atoms with Gasteiger partial charge in [-0.15, -0.1) is 12.4 Å². The SMILES string of the molecule is Cl.N=C(N)N.NC(N)=NCCCC(N)C(=O)O. The monoisotopic (exact) mass is 269 g/mol. The summed E-state index contributed by atoms with van der Waals surface area (Å²) in [7, 11) is 0. The van der Waals surface area contributed by atoms with Crippen molar-refractivity contribution in [2.75, 3.05) is 6.54 Å². The van der Waals surface area contributed by atoms with Gasteiger partial charge in [0.15, 0.2) is 11.9 Å². The van der Waals surface area contributed by atoms with Crippen molar-refractivity contribution in [1.29, 1.82) is 5.41 Å². The number of guanidine groups is 2. The molecule has 0 bridgehead atoms. The van der Waals surface area contributed by atoms with Crippen molar-refractivity contribution in [3.63, 3.8) is 0 Å². The first-order valence-corrected chi connectivity index (χ1v) is 4.40. The normalized spacial score (nSPS) is 9.94. The number of nitrogens with zero attached hydrogens (tertiary/aromatic N) is 1. The molecule has 1 unspecified atom stereocenters. The maximum Gasteiger partial charge on any atom is 0.320 e. The van der Waals surface area contributed by atoms with E-state index in [1.54, 1.807) is 0 Å². The topological polar surface area (TPSA) is 204 Å². The van der Waals surface area contributed by atoms with E-state index in [1.165, 1.54) is 0 Å². The Kier molecular flexibility index (Phi) is 15.0. The second kappa shape index (κ2) is 12.3. The standard InChI is InChI=1S/C6H14N4O2.CH5N3.ClH/c7-4(5(11)12)2-1-3-10-6(8)9;2-1(3)4;/h4H,1-3,7H2,(H,11,12)(H4,8,9,10);(H5,2,3,4);1H. The molecular weight excluding hydrogens is 250 g/mol. The third kappa shape index (κ3) is 25.0. The van der Waals surface area contributed by atoms with Gasteiger partial charge in [-0.25, -0.2) is 0 Å². The predicted octanol–water partition coefficient (Wildman–Crippen LogP) is -2.29. The molecule has 102 valence electrons. The zero-order chi connectivity index (χ0) is 13.1. The van der Waals surface area contributed by atoms with Crippen molar-refractivity contribution in [1.82, 2.24) is 0 Å². The van der Waals surface area contributed by atoms with Gasteiger partial charge in [0, 0.05) is 6.54 Å². The molecule has 0 aromatic heterocycles. The zero-order valence-electron chi connectivity index (χ0n) is 9.30. The quantitative estimate of drug-likeness (QED) is 0.165. The molecule has 0 spiro atoms. The lowest BCUT2D eigenvalue weighted by atomic mass is 10.2. The maximum atomic E-state index is 10.2. The van der Waals surface area contributed by atoms with Gasteiger partial charge in [-0.05, 0) is 12.8 Å². The van der Waals surface area contributed by atoms with E-state index in [0.717, 1.165) is 0 Å². The van der Waals surface area contributed by atoms with E-state index in [1.807, 2.05) is 0 Å². The van der Waals surface area contributed by atoms with E-state index in [2.05, 4.69) is 16.5 Å². The molecule has 0 saturated heterocycles. The molecule has 0 aromatic carbocycles. The Morgan fingerprint density at radius 1 is 1.29 bits per heavy atom. The molecule has 0 aliphatic carbocycles. The first kappa shape index (κ1) is 20.6. The third-order valence-electron chi connectivity index (χ3n) is 1.28. The fraction of sp³-hybridized carbons (Fsp3) is 0.571. The molecule has 17 heavy (non-hydrogen) atoms. The Hall–Kier alpha value is -1.74. The van der Waals surface area contributed by atoms with Crippen LogP contribution in [-0.2, 0) is 4.79 Å². The Morgan fingerprint density at radius 2 is 1.71 bits per heavy atom. The average molecular weight is 270 g/mol. The van der Waals surface area contributed by atoms with Crippen molar-refractivity contribution in [3.8, 4) is 0 Å². The highest BCUT2D eigenvalue weighted by Gasteiger charge is 2.09. The van der Waals surface area contributed by atoms with Crippen LogP contribution in [0, 0.1) is 5.41 Å². The molecule has 9 nitrogen and oxygen atoms in total. The van der Waals surface area contributed by atoms with Crippen LogP contribution in [0.25, 0.3) is 0 Å². The van der Waals surface area contributed by atoms with Gasteiger partial charge in [-0.1, -0.05) is 0 Å².